The summed E-state index contributed by atoms with van der Waals surface area (Å²) < 4.78 is 18.7. The molecular weight excluding hydrogens is 331 g/mol. The van der Waals surface area contributed by atoms with E-state index in [-0.39, 0.29) is 11.8 Å². The largest absolute Gasteiger partial charge is 0.489 e. The Morgan fingerprint density at radius 1 is 1.23 bits per heavy atom. The first-order valence-corrected chi connectivity index (χ1v) is 9.20. The summed E-state index contributed by atoms with van der Waals surface area (Å²) in [7, 11) is 0. The highest BCUT2D eigenvalue weighted by Gasteiger charge is 2.25. The summed E-state index contributed by atoms with van der Waals surface area (Å²) in [6.07, 6.45) is 4.30. The van der Waals surface area contributed by atoms with Crippen LogP contribution in [-0.2, 0) is 6.61 Å². The van der Waals surface area contributed by atoms with Crippen molar-refractivity contribution in [2.75, 3.05) is 11.9 Å². The lowest BCUT2D eigenvalue weighted by molar-refractivity contribution is 0.160. The maximum Gasteiger partial charge on any atom is 0.322 e. The Balaban J connectivity index is 1.59. The Hall–Kier alpha value is -2.56. The predicted octanol–water partition coefficient (Wildman–Crippen LogP) is 5.20. The lowest BCUT2D eigenvalue weighted by Crippen LogP contribution is -2.45. The third-order valence-electron chi connectivity index (χ3n) is 4.76. The average molecular weight is 356 g/mol. The number of benzene rings is 2. The number of rotatable bonds is 5. The van der Waals surface area contributed by atoms with Gasteiger partial charge in [-0.3, -0.25) is 0 Å². The van der Waals surface area contributed by atoms with E-state index in [0.29, 0.717) is 24.1 Å². The van der Waals surface area contributed by atoms with Crippen molar-refractivity contribution in [1.29, 1.82) is 0 Å². The third kappa shape index (κ3) is 4.75. The van der Waals surface area contributed by atoms with Crippen LogP contribution < -0.4 is 10.1 Å². The number of nitrogens with zero attached hydrogens (tertiary/aromatic N) is 1. The number of piperidine rings is 1. The predicted molar refractivity (Wildman–Crippen MR) is 101 cm³/mol. The van der Waals surface area contributed by atoms with E-state index >= 15 is 0 Å². The molecule has 4 nitrogen and oxygen atoms in total. The second-order valence-corrected chi connectivity index (χ2v) is 6.62. The second-order valence-electron chi connectivity index (χ2n) is 6.62. The average Bonchev–Trinajstić information content (AvgIpc) is 2.68. The highest BCUT2D eigenvalue weighted by atomic mass is 19.1. The summed E-state index contributed by atoms with van der Waals surface area (Å²) in [6, 6.07) is 13.9. The molecule has 1 saturated heterocycles. The molecular formula is C21H25FN2O2. The number of amides is 2. The van der Waals surface area contributed by atoms with Gasteiger partial charge in [0.15, 0.2) is 0 Å². The molecule has 1 fully saturated rings. The molecule has 0 aliphatic carbocycles. The zero-order chi connectivity index (χ0) is 18.4. The van der Waals surface area contributed by atoms with Gasteiger partial charge < -0.3 is 15.0 Å². The number of carbonyl (C=O) groups is 1. The summed E-state index contributed by atoms with van der Waals surface area (Å²) >= 11 is 0. The number of urea groups is 1. The van der Waals surface area contributed by atoms with Crippen molar-refractivity contribution in [1.82, 2.24) is 4.90 Å². The molecule has 0 saturated carbocycles. The van der Waals surface area contributed by atoms with Crippen LogP contribution in [-0.4, -0.2) is 23.5 Å². The van der Waals surface area contributed by atoms with Crippen molar-refractivity contribution in [2.24, 2.45) is 0 Å². The van der Waals surface area contributed by atoms with Gasteiger partial charge in [0.1, 0.15) is 18.2 Å². The lowest BCUT2D eigenvalue weighted by atomic mass is 10.0. The molecule has 1 aliphatic rings. The number of hydrogen-bond donors (Lipinski definition) is 1. The van der Waals surface area contributed by atoms with Crippen LogP contribution in [0, 0.1) is 5.82 Å². The second kappa shape index (κ2) is 8.70. The SMILES string of the molecule is CCC1CCCCN1C(=O)Nc1cccc(OCc2ccc(F)cc2)c1. The molecule has 138 valence electrons. The van der Waals surface area contributed by atoms with Gasteiger partial charge in [0.2, 0.25) is 0 Å². The highest BCUT2D eigenvalue weighted by Crippen LogP contribution is 2.23. The van der Waals surface area contributed by atoms with Gasteiger partial charge >= 0.3 is 6.03 Å². The van der Waals surface area contributed by atoms with Crippen LogP contribution in [0.1, 0.15) is 38.2 Å². The summed E-state index contributed by atoms with van der Waals surface area (Å²) in [5.41, 5.74) is 1.60. The fourth-order valence-corrected chi connectivity index (χ4v) is 3.30. The summed E-state index contributed by atoms with van der Waals surface area (Å²) in [6.45, 7) is 3.28. The maximum atomic E-state index is 12.9. The van der Waals surface area contributed by atoms with E-state index in [0.717, 1.165) is 31.4 Å². The Kier molecular flexibility index (Phi) is 6.10. The zero-order valence-electron chi connectivity index (χ0n) is 15.1. The van der Waals surface area contributed by atoms with Gasteiger partial charge in [-0.25, -0.2) is 9.18 Å². The molecule has 26 heavy (non-hydrogen) atoms. The fraction of sp³-hybridized carbons (Fsp3) is 0.381. The molecule has 1 N–H and O–H groups in total. The van der Waals surface area contributed by atoms with Gasteiger partial charge in [0.05, 0.1) is 0 Å². The standard InChI is InChI=1S/C21H25FN2O2/c1-2-19-7-3-4-13-24(19)21(25)23-18-6-5-8-20(14-18)26-15-16-9-11-17(22)12-10-16/h5-6,8-12,14,19H,2-4,7,13,15H2,1H3,(H,23,25). The van der Waals surface area contributed by atoms with Gasteiger partial charge in [-0.2, -0.15) is 0 Å². The Bertz CT molecular complexity index is 733. The number of anilines is 1. The van der Waals surface area contributed by atoms with E-state index in [1.807, 2.05) is 29.2 Å². The van der Waals surface area contributed by atoms with Crippen LogP contribution in [0.25, 0.3) is 0 Å². The number of carbonyl (C=O) groups excluding carboxylic acids is 1. The lowest BCUT2D eigenvalue weighted by Gasteiger charge is -2.35. The highest BCUT2D eigenvalue weighted by molar-refractivity contribution is 5.89. The smallest absolute Gasteiger partial charge is 0.322 e. The Morgan fingerprint density at radius 2 is 2.04 bits per heavy atom. The van der Waals surface area contributed by atoms with Crippen molar-refractivity contribution < 1.29 is 13.9 Å². The van der Waals surface area contributed by atoms with Gasteiger partial charge in [-0.05, 0) is 55.5 Å². The van der Waals surface area contributed by atoms with E-state index in [2.05, 4.69) is 12.2 Å². The van der Waals surface area contributed by atoms with E-state index in [1.54, 1.807) is 12.1 Å². The molecule has 0 radical (unpaired) electrons. The van der Waals surface area contributed by atoms with Gasteiger partial charge in [0.25, 0.3) is 0 Å². The van der Waals surface area contributed by atoms with Gasteiger partial charge in [-0.1, -0.05) is 25.1 Å². The van der Waals surface area contributed by atoms with Crippen LogP contribution in [0.2, 0.25) is 0 Å². The van der Waals surface area contributed by atoms with Crippen molar-refractivity contribution >= 4 is 11.7 Å². The first-order chi connectivity index (χ1) is 12.7. The monoisotopic (exact) mass is 356 g/mol. The molecule has 0 spiro atoms. The quantitative estimate of drug-likeness (QED) is 0.800. The van der Waals surface area contributed by atoms with Crippen molar-refractivity contribution in [3.63, 3.8) is 0 Å². The molecule has 2 amide bonds. The topological polar surface area (TPSA) is 41.6 Å². The number of ether oxygens (including phenoxy) is 1. The normalized spacial score (nSPS) is 17.0. The molecule has 1 atom stereocenters. The molecule has 5 heteroatoms. The maximum absolute atomic E-state index is 12.9. The molecule has 1 heterocycles. The zero-order valence-corrected chi connectivity index (χ0v) is 15.1. The Morgan fingerprint density at radius 3 is 2.81 bits per heavy atom. The van der Waals surface area contributed by atoms with E-state index < -0.39 is 0 Å². The van der Waals surface area contributed by atoms with Gasteiger partial charge in [-0.15, -0.1) is 0 Å². The van der Waals surface area contributed by atoms with E-state index in [4.69, 9.17) is 4.74 Å². The van der Waals surface area contributed by atoms with Crippen molar-refractivity contribution in [3.05, 3.63) is 59.9 Å². The minimum atomic E-state index is -0.262. The number of hydrogen-bond acceptors (Lipinski definition) is 2. The molecule has 0 bridgehead atoms. The number of nitrogens with one attached hydrogen (secondary N) is 1. The fourth-order valence-electron chi connectivity index (χ4n) is 3.30. The number of halogens is 1. The van der Waals surface area contributed by atoms with Gasteiger partial charge in [0, 0.05) is 24.3 Å². The van der Waals surface area contributed by atoms with E-state index in [9.17, 15) is 9.18 Å². The summed E-state index contributed by atoms with van der Waals surface area (Å²) in [5, 5.41) is 2.98. The molecule has 1 aliphatic heterocycles. The number of likely N-dealkylation sites (tertiary alicyclic amines) is 1. The Labute approximate surface area is 154 Å². The summed E-state index contributed by atoms with van der Waals surface area (Å²) in [4.78, 5) is 14.5. The molecule has 0 aromatic heterocycles. The van der Waals surface area contributed by atoms with Crippen molar-refractivity contribution in [3.8, 4) is 5.75 Å². The molecule has 2 aromatic carbocycles. The molecule has 3 rings (SSSR count). The van der Waals surface area contributed by atoms with Crippen LogP contribution in [0.15, 0.2) is 48.5 Å². The third-order valence-corrected chi connectivity index (χ3v) is 4.76. The minimum Gasteiger partial charge on any atom is -0.489 e. The molecule has 1 unspecified atom stereocenters. The first kappa shape index (κ1) is 18.2. The van der Waals surface area contributed by atoms with Crippen LogP contribution in [0.5, 0.6) is 5.75 Å². The summed E-state index contributed by atoms with van der Waals surface area (Å²) in [5.74, 6) is 0.402. The van der Waals surface area contributed by atoms with Crippen molar-refractivity contribution in [2.45, 2.75) is 45.3 Å². The van der Waals surface area contributed by atoms with Crippen LogP contribution in [0.4, 0.5) is 14.9 Å². The van der Waals surface area contributed by atoms with Crippen LogP contribution >= 0.6 is 0 Å². The van der Waals surface area contributed by atoms with E-state index in [1.165, 1.54) is 18.6 Å². The first-order valence-electron chi connectivity index (χ1n) is 9.20. The minimum absolute atomic E-state index is 0.0489. The molecule has 2 aromatic rings. The van der Waals surface area contributed by atoms with Crippen LogP contribution in [0.3, 0.4) is 0 Å².